The molecule has 2 N–H and O–H groups in total. The molecule has 0 radical (unpaired) electrons. The molecular weight excluding hydrogens is 320 g/mol. The molecule has 1 unspecified atom stereocenters. The van der Waals surface area contributed by atoms with E-state index in [0.29, 0.717) is 25.7 Å². The maximum Gasteiger partial charge on any atom is 0.309 e. The number of methoxy groups -OCH3 is 2. The van der Waals surface area contributed by atoms with E-state index in [2.05, 4.69) is 9.47 Å². The molecule has 0 aliphatic heterocycles. The van der Waals surface area contributed by atoms with Gasteiger partial charge in [0.15, 0.2) is 0 Å². The Balaban J connectivity index is 0. The first-order valence-corrected chi connectivity index (χ1v) is 7.57. The Morgan fingerprint density at radius 2 is 1.29 bits per heavy atom. The first-order chi connectivity index (χ1) is 11.0. The highest BCUT2D eigenvalue weighted by atomic mass is 16.5. The van der Waals surface area contributed by atoms with Crippen molar-refractivity contribution in [1.82, 2.24) is 0 Å². The van der Waals surface area contributed by atoms with Gasteiger partial charge in [-0.25, -0.2) is 0 Å². The zero-order valence-electron chi connectivity index (χ0n) is 15.0. The average Bonchev–Trinajstić information content (AvgIpc) is 2.50. The van der Waals surface area contributed by atoms with Crippen LogP contribution in [0, 0.1) is 11.3 Å². The molecule has 0 bridgehead atoms. The van der Waals surface area contributed by atoms with E-state index in [1.165, 1.54) is 28.1 Å². The van der Waals surface area contributed by atoms with Crippen molar-refractivity contribution in [2.24, 2.45) is 11.3 Å². The van der Waals surface area contributed by atoms with Crippen LogP contribution in [0.2, 0.25) is 0 Å². The van der Waals surface area contributed by atoms with Gasteiger partial charge in [-0.1, -0.05) is 6.92 Å². The highest BCUT2D eigenvalue weighted by Gasteiger charge is 2.34. The number of esters is 2. The van der Waals surface area contributed by atoms with Crippen molar-refractivity contribution in [3.63, 3.8) is 0 Å². The molecule has 0 aliphatic rings. The molecule has 0 aromatic heterocycles. The standard InChI is InChI=1S/2C8H14O4/c1-5(4-6(9)10)8(2,3)7(11)12;1-11-7(9)5-3-4-6-8(10)12-2/h5H,4H2,1-3H3,(H,9,10)(H,11,12);3-6H2,1-2H3. The number of rotatable bonds is 9. The fraction of sp³-hybridized carbons (Fsp3) is 0.750. The van der Waals surface area contributed by atoms with Crippen molar-refractivity contribution >= 4 is 23.9 Å². The van der Waals surface area contributed by atoms with Gasteiger partial charge in [-0.2, -0.15) is 0 Å². The molecule has 0 aromatic rings. The van der Waals surface area contributed by atoms with Crippen molar-refractivity contribution in [2.75, 3.05) is 14.2 Å². The van der Waals surface area contributed by atoms with E-state index >= 15 is 0 Å². The number of hydrogen-bond donors (Lipinski definition) is 2. The molecule has 0 aliphatic carbocycles. The minimum atomic E-state index is -0.974. The molecular formula is C16H28O8. The lowest BCUT2D eigenvalue weighted by atomic mass is 9.78. The SMILES string of the molecule is CC(CC(=O)O)C(C)(C)C(=O)O.COC(=O)CCCCC(=O)OC. The van der Waals surface area contributed by atoms with Crippen LogP contribution >= 0.6 is 0 Å². The Morgan fingerprint density at radius 1 is 0.917 bits per heavy atom. The summed E-state index contributed by atoms with van der Waals surface area (Å²) in [6, 6.07) is 0. The minimum absolute atomic E-state index is 0.112. The number of hydrogen-bond acceptors (Lipinski definition) is 6. The average molecular weight is 348 g/mol. The molecule has 24 heavy (non-hydrogen) atoms. The third-order valence-electron chi connectivity index (χ3n) is 3.73. The van der Waals surface area contributed by atoms with Gasteiger partial charge in [-0.05, 0) is 32.6 Å². The van der Waals surface area contributed by atoms with Crippen LogP contribution in [-0.2, 0) is 28.7 Å². The highest BCUT2D eigenvalue weighted by Crippen LogP contribution is 2.29. The highest BCUT2D eigenvalue weighted by molar-refractivity contribution is 5.75. The van der Waals surface area contributed by atoms with E-state index in [0.717, 1.165) is 0 Å². The van der Waals surface area contributed by atoms with Gasteiger partial charge in [0.2, 0.25) is 0 Å². The lowest BCUT2D eigenvalue weighted by Crippen LogP contribution is -2.32. The summed E-state index contributed by atoms with van der Waals surface area (Å²) < 4.78 is 8.86. The zero-order valence-corrected chi connectivity index (χ0v) is 15.0. The Morgan fingerprint density at radius 3 is 1.54 bits per heavy atom. The fourth-order valence-electron chi connectivity index (χ4n) is 1.47. The number of carbonyl (C=O) groups excluding carboxylic acids is 2. The summed E-state index contributed by atoms with van der Waals surface area (Å²) in [7, 11) is 2.70. The first kappa shape index (κ1) is 24.1. The van der Waals surface area contributed by atoms with Crippen molar-refractivity contribution in [1.29, 1.82) is 0 Å². The van der Waals surface area contributed by atoms with Crippen molar-refractivity contribution in [2.45, 2.75) is 52.9 Å². The van der Waals surface area contributed by atoms with E-state index in [9.17, 15) is 19.2 Å². The second-order valence-electron chi connectivity index (χ2n) is 5.89. The Hall–Kier alpha value is -2.12. The van der Waals surface area contributed by atoms with E-state index in [1.54, 1.807) is 6.92 Å². The summed E-state index contributed by atoms with van der Waals surface area (Å²) in [6.07, 6.45) is 1.96. The monoisotopic (exact) mass is 348 g/mol. The van der Waals surface area contributed by atoms with Gasteiger partial charge in [0.05, 0.1) is 19.6 Å². The fourth-order valence-corrected chi connectivity index (χ4v) is 1.47. The number of carboxylic acids is 2. The molecule has 140 valence electrons. The number of carboxylic acid groups (broad SMARTS) is 2. The number of ether oxygens (including phenoxy) is 2. The van der Waals surface area contributed by atoms with Crippen molar-refractivity contribution in [3.8, 4) is 0 Å². The van der Waals surface area contributed by atoms with Crippen molar-refractivity contribution in [3.05, 3.63) is 0 Å². The molecule has 8 nitrogen and oxygen atoms in total. The third-order valence-corrected chi connectivity index (χ3v) is 3.73. The molecule has 0 fully saturated rings. The number of unbranched alkanes of at least 4 members (excludes halogenated alkanes) is 1. The second kappa shape index (κ2) is 12.3. The van der Waals surface area contributed by atoms with E-state index in [-0.39, 0.29) is 24.3 Å². The molecule has 0 aromatic carbocycles. The van der Waals surface area contributed by atoms with Crippen LogP contribution < -0.4 is 0 Å². The molecule has 8 heteroatoms. The minimum Gasteiger partial charge on any atom is -0.481 e. The Kier molecular flexibility index (Phi) is 12.4. The zero-order chi connectivity index (χ0) is 19.3. The predicted molar refractivity (Wildman–Crippen MR) is 85.3 cm³/mol. The van der Waals surface area contributed by atoms with Gasteiger partial charge in [0, 0.05) is 19.3 Å². The van der Waals surface area contributed by atoms with Gasteiger partial charge in [0.25, 0.3) is 0 Å². The van der Waals surface area contributed by atoms with Gasteiger partial charge in [-0.15, -0.1) is 0 Å². The Labute approximate surface area is 142 Å². The number of aliphatic carboxylic acids is 2. The summed E-state index contributed by atoms with van der Waals surface area (Å²) in [5.41, 5.74) is -0.974. The molecule has 0 heterocycles. The molecule has 1 atom stereocenters. The maximum atomic E-state index is 10.7. The second-order valence-corrected chi connectivity index (χ2v) is 5.89. The maximum absolute atomic E-state index is 10.7. The van der Waals surface area contributed by atoms with Crippen LogP contribution in [0.25, 0.3) is 0 Å². The molecule has 0 rings (SSSR count). The third kappa shape index (κ3) is 11.4. The molecule has 0 saturated heterocycles. The van der Waals surface area contributed by atoms with Gasteiger partial charge in [0.1, 0.15) is 0 Å². The van der Waals surface area contributed by atoms with E-state index in [4.69, 9.17) is 10.2 Å². The van der Waals surface area contributed by atoms with Crippen LogP contribution in [0.3, 0.4) is 0 Å². The summed E-state index contributed by atoms with van der Waals surface area (Å²) in [6.45, 7) is 4.69. The van der Waals surface area contributed by atoms with Crippen LogP contribution in [0.1, 0.15) is 52.9 Å². The van der Waals surface area contributed by atoms with Crippen LogP contribution in [0.15, 0.2) is 0 Å². The quantitative estimate of drug-likeness (QED) is 0.479. The summed E-state index contributed by atoms with van der Waals surface area (Å²) in [5.74, 6) is -2.76. The summed E-state index contributed by atoms with van der Waals surface area (Å²) >= 11 is 0. The van der Waals surface area contributed by atoms with Gasteiger partial charge < -0.3 is 19.7 Å². The summed E-state index contributed by atoms with van der Waals surface area (Å²) in [4.78, 5) is 42.1. The Bertz CT molecular complexity index is 410. The van der Waals surface area contributed by atoms with Crippen molar-refractivity contribution < 1.29 is 38.9 Å². The number of carbonyl (C=O) groups is 4. The summed E-state index contributed by atoms with van der Waals surface area (Å²) in [5, 5.41) is 17.2. The van der Waals surface area contributed by atoms with Gasteiger partial charge >= 0.3 is 23.9 Å². The molecule has 0 saturated carbocycles. The van der Waals surface area contributed by atoms with Crippen LogP contribution in [-0.4, -0.2) is 48.3 Å². The lowest BCUT2D eigenvalue weighted by Gasteiger charge is -2.25. The topological polar surface area (TPSA) is 127 Å². The molecule has 0 amide bonds. The van der Waals surface area contributed by atoms with Crippen LogP contribution in [0.4, 0.5) is 0 Å². The first-order valence-electron chi connectivity index (χ1n) is 7.57. The largest absolute Gasteiger partial charge is 0.481 e. The van der Waals surface area contributed by atoms with E-state index in [1.807, 2.05) is 0 Å². The lowest BCUT2D eigenvalue weighted by molar-refractivity contribution is -0.151. The van der Waals surface area contributed by atoms with E-state index < -0.39 is 17.4 Å². The van der Waals surface area contributed by atoms with Crippen LogP contribution in [0.5, 0.6) is 0 Å². The predicted octanol–water partition coefficient (Wildman–Crippen LogP) is 2.10. The smallest absolute Gasteiger partial charge is 0.309 e. The normalized spacial score (nSPS) is 11.5. The van der Waals surface area contributed by atoms with Gasteiger partial charge in [-0.3, -0.25) is 19.2 Å². The molecule has 0 spiro atoms.